The maximum Gasteiger partial charge on any atom is 0.108 e. The van der Waals surface area contributed by atoms with Crippen LogP contribution in [-0.4, -0.2) is 9.22 Å². The van der Waals surface area contributed by atoms with Crippen LogP contribution in [-0.2, 0) is 0 Å². The van der Waals surface area contributed by atoms with E-state index < -0.39 is 0 Å². The van der Waals surface area contributed by atoms with Gasteiger partial charge in [-0.05, 0) is 5.92 Å². The Morgan fingerprint density at radius 2 is 1.75 bits per heavy atom. The van der Waals surface area contributed by atoms with Gasteiger partial charge in [0.2, 0.25) is 0 Å². The summed E-state index contributed by atoms with van der Waals surface area (Å²) in [5.41, 5.74) is 0. The minimum absolute atomic E-state index is 0.150. The van der Waals surface area contributed by atoms with Crippen LogP contribution in [0.4, 0.5) is 0 Å². The molecular weight excluding hydrogens is 215 g/mol. The van der Waals surface area contributed by atoms with Gasteiger partial charge in [0.1, 0.15) is 4.11 Å². The topological polar surface area (TPSA) is 20.2 Å². The monoisotopic (exact) mass is 228 g/mol. The number of rotatable bonds is 3. The first-order chi connectivity index (χ1) is 3.72. The smallest absolute Gasteiger partial charge is 0.108 e. The van der Waals surface area contributed by atoms with Crippen molar-refractivity contribution in [1.82, 2.24) is 0 Å². The zero-order valence-electron chi connectivity index (χ0n) is 5.39. The lowest BCUT2D eigenvalue weighted by atomic mass is 10.1. The van der Waals surface area contributed by atoms with Crippen LogP contribution in [0.3, 0.4) is 0 Å². The molecule has 0 saturated carbocycles. The summed E-state index contributed by atoms with van der Waals surface area (Å²) < 4.78 is -0.150. The van der Waals surface area contributed by atoms with E-state index in [9.17, 15) is 0 Å². The highest BCUT2D eigenvalue weighted by Crippen LogP contribution is 2.17. The van der Waals surface area contributed by atoms with Crippen LogP contribution in [0, 0.1) is 5.92 Å². The van der Waals surface area contributed by atoms with Crippen molar-refractivity contribution in [2.45, 2.75) is 30.8 Å². The molecule has 0 heterocycles. The third-order valence-electron chi connectivity index (χ3n) is 1.44. The predicted octanol–water partition coefficient (Wildman–Crippen LogP) is 2.18. The number of hydrogen-bond acceptors (Lipinski definition) is 1. The van der Waals surface area contributed by atoms with Crippen LogP contribution < -0.4 is 0 Å². The molecule has 8 heavy (non-hydrogen) atoms. The van der Waals surface area contributed by atoms with E-state index in [2.05, 4.69) is 36.4 Å². The Balaban J connectivity index is 3.35. The lowest BCUT2D eigenvalue weighted by Gasteiger charge is -2.12. The molecule has 0 bridgehead atoms. The van der Waals surface area contributed by atoms with Crippen molar-refractivity contribution >= 4 is 22.6 Å². The second-order valence-electron chi connectivity index (χ2n) is 1.95. The zero-order valence-corrected chi connectivity index (χ0v) is 7.55. The summed E-state index contributed by atoms with van der Waals surface area (Å²) in [4.78, 5) is 0. The van der Waals surface area contributed by atoms with Gasteiger partial charge in [0.15, 0.2) is 0 Å². The molecule has 0 saturated heterocycles. The van der Waals surface area contributed by atoms with E-state index in [0.717, 1.165) is 12.8 Å². The highest BCUT2D eigenvalue weighted by atomic mass is 127. The van der Waals surface area contributed by atoms with Crippen molar-refractivity contribution in [3.8, 4) is 0 Å². The molecule has 0 aliphatic rings. The van der Waals surface area contributed by atoms with Crippen molar-refractivity contribution in [3.63, 3.8) is 0 Å². The SMILES string of the molecule is CCC(CC)C(O)I. The molecule has 0 aliphatic heterocycles. The fraction of sp³-hybridized carbons (Fsp3) is 1.00. The molecule has 0 spiro atoms. The van der Waals surface area contributed by atoms with Gasteiger partial charge in [0.25, 0.3) is 0 Å². The summed E-state index contributed by atoms with van der Waals surface area (Å²) in [6, 6.07) is 0. The standard InChI is InChI=1S/C6H13IO/c1-3-5(4-2)6(7)8/h5-6,8H,3-4H2,1-2H3. The average Bonchev–Trinajstić information content (AvgIpc) is 1.69. The Morgan fingerprint density at radius 1 is 1.38 bits per heavy atom. The molecule has 1 N–H and O–H groups in total. The third-order valence-corrected chi connectivity index (χ3v) is 2.45. The second kappa shape index (κ2) is 4.56. The highest BCUT2D eigenvalue weighted by molar-refractivity contribution is 14.1. The molecule has 2 heteroatoms. The molecule has 1 nitrogen and oxygen atoms in total. The Labute approximate surface area is 64.6 Å². The summed E-state index contributed by atoms with van der Waals surface area (Å²) in [5.74, 6) is 0.496. The molecule has 0 aromatic heterocycles. The minimum Gasteiger partial charge on any atom is -0.382 e. The van der Waals surface area contributed by atoms with Crippen LogP contribution >= 0.6 is 22.6 Å². The van der Waals surface area contributed by atoms with E-state index in [4.69, 9.17) is 5.11 Å². The summed E-state index contributed by atoms with van der Waals surface area (Å²) in [6.07, 6.45) is 2.17. The van der Waals surface area contributed by atoms with Crippen LogP contribution in [0.1, 0.15) is 26.7 Å². The molecule has 0 radical (unpaired) electrons. The summed E-state index contributed by atoms with van der Waals surface area (Å²) >= 11 is 2.06. The molecule has 0 amide bonds. The number of alkyl halides is 1. The molecule has 0 fully saturated rings. The Kier molecular flexibility index (Phi) is 4.95. The van der Waals surface area contributed by atoms with Gasteiger partial charge in [-0.3, -0.25) is 0 Å². The van der Waals surface area contributed by atoms with E-state index in [1.165, 1.54) is 0 Å². The second-order valence-corrected chi connectivity index (χ2v) is 3.23. The first-order valence-electron chi connectivity index (χ1n) is 3.04. The average molecular weight is 228 g/mol. The van der Waals surface area contributed by atoms with Gasteiger partial charge in [-0.15, -0.1) is 0 Å². The molecule has 0 aliphatic carbocycles. The number of hydrogen-bond donors (Lipinski definition) is 1. The molecule has 0 aromatic rings. The molecule has 0 aromatic carbocycles. The minimum atomic E-state index is -0.150. The van der Waals surface area contributed by atoms with Crippen molar-refractivity contribution in [2.75, 3.05) is 0 Å². The molecule has 1 unspecified atom stereocenters. The van der Waals surface area contributed by atoms with Gasteiger partial charge >= 0.3 is 0 Å². The Morgan fingerprint density at radius 3 is 1.75 bits per heavy atom. The molecular formula is C6H13IO. The van der Waals surface area contributed by atoms with Gasteiger partial charge in [-0.2, -0.15) is 0 Å². The molecule has 1 atom stereocenters. The van der Waals surface area contributed by atoms with Gasteiger partial charge in [-0.1, -0.05) is 49.3 Å². The number of aliphatic hydroxyl groups excluding tert-OH is 1. The van der Waals surface area contributed by atoms with E-state index in [0.29, 0.717) is 5.92 Å². The van der Waals surface area contributed by atoms with E-state index in [1.54, 1.807) is 0 Å². The van der Waals surface area contributed by atoms with Crippen LogP contribution in [0.25, 0.3) is 0 Å². The van der Waals surface area contributed by atoms with Crippen molar-refractivity contribution in [3.05, 3.63) is 0 Å². The fourth-order valence-corrected chi connectivity index (χ4v) is 1.69. The predicted molar refractivity (Wildman–Crippen MR) is 44.1 cm³/mol. The number of halogens is 1. The highest BCUT2D eigenvalue weighted by Gasteiger charge is 2.09. The van der Waals surface area contributed by atoms with Gasteiger partial charge in [0.05, 0.1) is 0 Å². The quantitative estimate of drug-likeness (QED) is 0.579. The summed E-state index contributed by atoms with van der Waals surface area (Å²) in [6.45, 7) is 4.21. The van der Waals surface area contributed by atoms with Crippen LogP contribution in [0.5, 0.6) is 0 Å². The third kappa shape index (κ3) is 2.87. The zero-order chi connectivity index (χ0) is 6.57. The van der Waals surface area contributed by atoms with E-state index in [-0.39, 0.29) is 4.11 Å². The fourth-order valence-electron chi connectivity index (χ4n) is 0.678. The Hall–Kier alpha value is 0.690. The largest absolute Gasteiger partial charge is 0.382 e. The maximum absolute atomic E-state index is 9.00. The first-order valence-corrected chi connectivity index (χ1v) is 4.29. The van der Waals surface area contributed by atoms with E-state index in [1.807, 2.05) is 0 Å². The first kappa shape index (κ1) is 8.69. The van der Waals surface area contributed by atoms with Crippen molar-refractivity contribution < 1.29 is 5.11 Å². The Bertz CT molecular complexity index is 50.5. The lowest BCUT2D eigenvalue weighted by molar-refractivity contribution is 0.200. The van der Waals surface area contributed by atoms with Crippen molar-refractivity contribution in [2.24, 2.45) is 5.92 Å². The van der Waals surface area contributed by atoms with Crippen molar-refractivity contribution in [1.29, 1.82) is 0 Å². The molecule has 50 valence electrons. The lowest BCUT2D eigenvalue weighted by Crippen LogP contribution is -2.10. The maximum atomic E-state index is 9.00. The van der Waals surface area contributed by atoms with E-state index >= 15 is 0 Å². The van der Waals surface area contributed by atoms with Gasteiger partial charge in [0, 0.05) is 0 Å². The van der Waals surface area contributed by atoms with Crippen LogP contribution in [0.2, 0.25) is 0 Å². The number of aliphatic hydroxyl groups is 1. The summed E-state index contributed by atoms with van der Waals surface area (Å²) in [5, 5.41) is 9.00. The van der Waals surface area contributed by atoms with Gasteiger partial charge < -0.3 is 5.11 Å². The van der Waals surface area contributed by atoms with Gasteiger partial charge in [-0.25, -0.2) is 0 Å². The normalized spacial score (nSPS) is 14.6. The molecule has 0 rings (SSSR count). The van der Waals surface area contributed by atoms with Crippen LogP contribution in [0.15, 0.2) is 0 Å². The summed E-state index contributed by atoms with van der Waals surface area (Å²) in [7, 11) is 0.